The van der Waals surface area contributed by atoms with E-state index in [0.717, 1.165) is 25.3 Å². The lowest BCUT2D eigenvalue weighted by atomic mass is 10.0. The summed E-state index contributed by atoms with van der Waals surface area (Å²) in [7, 11) is 3.15. The van der Waals surface area contributed by atoms with Crippen LogP contribution in [0.4, 0.5) is 11.5 Å². The van der Waals surface area contributed by atoms with Crippen molar-refractivity contribution >= 4 is 17.4 Å². The summed E-state index contributed by atoms with van der Waals surface area (Å²) in [5.41, 5.74) is 1.18. The van der Waals surface area contributed by atoms with E-state index in [-0.39, 0.29) is 5.91 Å². The third kappa shape index (κ3) is 4.07. The van der Waals surface area contributed by atoms with E-state index in [2.05, 4.69) is 22.1 Å². The van der Waals surface area contributed by atoms with Crippen molar-refractivity contribution in [3.63, 3.8) is 0 Å². The lowest BCUT2D eigenvalue weighted by molar-refractivity contribution is 0.102. The molecular weight excluding hydrogens is 330 g/mol. The highest BCUT2D eigenvalue weighted by atomic mass is 16.5. The summed E-state index contributed by atoms with van der Waals surface area (Å²) in [5.74, 6) is 2.53. The predicted molar refractivity (Wildman–Crippen MR) is 102 cm³/mol. The van der Waals surface area contributed by atoms with Crippen LogP contribution in [-0.2, 0) is 0 Å². The van der Waals surface area contributed by atoms with Crippen LogP contribution in [0.25, 0.3) is 0 Å². The van der Waals surface area contributed by atoms with E-state index in [4.69, 9.17) is 9.47 Å². The maximum absolute atomic E-state index is 12.7. The van der Waals surface area contributed by atoms with E-state index in [1.165, 1.54) is 6.42 Å². The molecule has 1 aliphatic heterocycles. The highest BCUT2D eigenvalue weighted by molar-refractivity contribution is 6.05. The first-order valence-electron chi connectivity index (χ1n) is 8.85. The van der Waals surface area contributed by atoms with Gasteiger partial charge in [-0.05, 0) is 43.0 Å². The predicted octanol–water partition coefficient (Wildman–Crippen LogP) is 3.59. The van der Waals surface area contributed by atoms with Gasteiger partial charge in [-0.25, -0.2) is 4.98 Å². The summed E-state index contributed by atoms with van der Waals surface area (Å²) < 4.78 is 10.5. The number of aromatic nitrogens is 1. The Hall–Kier alpha value is -2.76. The quantitative estimate of drug-likeness (QED) is 0.888. The largest absolute Gasteiger partial charge is 0.497 e. The summed E-state index contributed by atoms with van der Waals surface area (Å²) in [6.07, 6.45) is 4.09. The fourth-order valence-electron chi connectivity index (χ4n) is 3.23. The second kappa shape index (κ2) is 8.08. The lowest BCUT2D eigenvalue weighted by Crippen LogP contribution is -2.34. The van der Waals surface area contributed by atoms with E-state index < -0.39 is 0 Å². The van der Waals surface area contributed by atoms with Crippen molar-refractivity contribution < 1.29 is 14.3 Å². The second-order valence-electron chi connectivity index (χ2n) is 6.62. The minimum Gasteiger partial charge on any atom is -0.497 e. The molecule has 26 heavy (non-hydrogen) atoms. The second-order valence-corrected chi connectivity index (χ2v) is 6.62. The molecule has 1 aliphatic rings. The number of ether oxygens (including phenoxy) is 2. The van der Waals surface area contributed by atoms with Crippen molar-refractivity contribution in [3.05, 3.63) is 42.1 Å². The Morgan fingerprint density at radius 2 is 2.08 bits per heavy atom. The number of carbonyl (C=O) groups is 1. The Bertz CT molecular complexity index is 779. The molecule has 6 heteroatoms. The van der Waals surface area contributed by atoms with Crippen molar-refractivity contribution in [2.24, 2.45) is 5.92 Å². The summed E-state index contributed by atoms with van der Waals surface area (Å²) >= 11 is 0. The van der Waals surface area contributed by atoms with Crippen LogP contribution < -0.4 is 19.7 Å². The Balaban J connectivity index is 1.77. The van der Waals surface area contributed by atoms with Gasteiger partial charge in [0.05, 0.1) is 19.9 Å². The van der Waals surface area contributed by atoms with Gasteiger partial charge in [0.25, 0.3) is 5.91 Å². The van der Waals surface area contributed by atoms with Crippen molar-refractivity contribution in [2.45, 2.75) is 19.8 Å². The first-order chi connectivity index (χ1) is 12.6. The van der Waals surface area contributed by atoms with Gasteiger partial charge in [0.1, 0.15) is 17.3 Å². The highest BCUT2D eigenvalue weighted by Crippen LogP contribution is 2.29. The minimum atomic E-state index is -0.192. The lowest BCUT2D eigenvalue weighted by Gasteiger charge is -2.31. The molecule has 1 aromatic carbocycles. The topological polar surface area (TPSA) is 63.7 Å². The van der Waals surface area contributed by atoms with Crippen LogP contribution in [0.5, 0.6) is 11.5 Å². The van der Waals surface area contributed by atoms with Crippen molar-refractivity contribution in [2.75, 3.05) is 37.5 Å². The molecular formula is C20H25N3O3. The average Bonchev–Trinajstić information content (AvgIpc) is 2.68. The molecule has 1 fully saturated rings. The number of nitrogens with zero attached hydrogens (tertiary/aromatic N) is 2. The molecule has 0 bridgehead atoms. The van der Waals surface area contributed by atoms with Crippen LogP contribution in [0.15, 0.2) is 36.5 Å². The third-order valence-corrected chi connectivity index (χ3v) is 4.65. The molecule has 3 rings (SSSR count). The fraction of sp³-hybridized carbons (Fsp3) is 0.400. The van der Waals surface area contributed by atoms with Crippen LogP contribution in [0, 0.1) is 5.92 Å². The number of benzene rings is 1. The van der Waals surface area contributed by atoms with Gasteiger partial charge in [-0.2, -0.15) is 0 Å². The molecule has 1 N–H and O–H groups in total. The van der Waals surface area contributed by atoms with Gasteiger partial charge in [0.2, 0.25) is 0 Å². The molecule has 2 aromatic rings. The van der Waals surface area contributed by atoms with E-state index in [1.807, 2.05) is 6.07 Å². The zero-order valence-electron chi connectivity index (χ0n) is 15.5. The minimum absolute atomic E-state index is 0.192. The van der Waals surface area contributed by atoms with Crippen molar-refractivity contribution in [3.8, 4) is 11.5 Å². The molecule has 2 heterocycles. The molecule has 0 saturated carbocycles. The monoisotopic (exact) mass is 355 g/mol. The number of methoxy groups -OCH3 is 2. The van der Waals surface area contributed by atoms with Gasteiger partial charge >= 0.3 is 0 Å². The number of pyridine rings is 1. The number of piperidine rings is 1. The Morgan fingerprint density at radius 3 is 2.81 bits per heavy atom. The third-order valence-electron chi connectivity index (χ3n) is 4.65. The number of hydrogen-bond donors (Lipinski definition) is 1. The van der Waals surface area contributed by atoms with Crippen LogP contribution in [0.3, 0.4) is 0 Å². The maximum Gasteiger partial charge on any atom is 0.255 e. The summed E-state index contributed by atoms with van der Waals surface area (Å²) in [5, 5.41) is 2.90. The van der Waals surface area contributed by atoms with Gasteiger partial charge in [-0.15, -0.1) is 0 Å². The number of hydrogen-bond acceptors (Lipinski definition) is 5. The number of nitrogens with one attached hydrogen (secondary N) is 1. The van der Waals surface area contributed by atoms with Crippen molar-refractivity contribution in [1.82, 2.24) is 4.98 Å². The number of rotatable bonds is 5. The first kappa shape index (κ1) is 18.0. The van der Waals surface area contributed by atoms with Gasteiger partial charge < -0.3 is 19.7 Å². The zero-order chi connectivity index (χ0) is 18.5. The van der Waals surface area contributed by atoms with Gasteiger partial charge in [-0.3, -0.25) is 4.79 Å². The van der Waals surface area contributed by atoms with Gasteiger partial charge in [0.15, 0.2) is 0 Å². The molecule has 1 amide bonds. The zero-order valence-corrected chi connectivity index (χ0v) is 15.5. The molecule has 0 spiro atoms. The molecule has 1 unspecified atom stereocenters. The van der Waals surface area contributed by atoms with Crippen LogP contribution in [-0.4, -0.2) is 38.2 Å². The summed E-state index contributed by atoms with van der Waals surface area (Å²) in [6.45, 7) is 4.21. The average molecular weight is 355 g/mol. The SMILES string of the molecule is COc1ccc(NC(=O)c2ccnc(N3CCCC(C)C3)c2)c(OC)c1. The highest BCUT2D eigenvalue weighted by Gasteiger charge is 2.19. The van der Waals surface area contributed by atoms with E-state index >= 15 is 0 Å². The van der Waals surface area contributed by atoms with Crippen molar-refractivity contribution in [1.29, 1.82) is 0 Å². The first-order valence-corrected chi connectivity index (χ1v) is 8.85. The van der Waals surface area contributed by atoms with Crippen LogP contribution in [0.1, 0.15) is 30.1 Å². The Labute approximate surface area is 154 Å². The molecule has 1 saturated heterocycles. The standard InChI is InChI=1S/C20H25N3O3/c1-14-5-4-10-23(13-14)19-11-15(8-9-21-19)20(24)22-17-7-6-16(25-2)12-18(17)26-3/h6-9,11-12,14H,4-5,10,13H2,1-3H3,(H,22,24). The van der Waals surface area contributed by atoms with E-state index in [0.29, 0.717) is 28.7 Å². The Kier molecular flexibility index (Phi) is 5.61. The normalized spacial score (nSPS) is 16.9. The van der Waals surface area contributed by atoms with E-state index in [9.17, 15) is 4.79 Å². The molecule has 0 radical (unpaired) electrons. The number of carbonyl (C=O) groups excluding carboxylic acids is 1. The van der Waals surface area contributed by atoms with E-state index in [1.54, 1.807) is 44.7 Å². The fourth-order valence-corrected chi connectivity index (χ4v) is 3.23. The number of anilines is 2. The maximum atomic E-state index is 12.7. The Morgan fingerprint density at radius 1 is 1.23 bits per heavy atom. The molecule has 0 aliphatic carbocycles. The smallest absolute Gasteiger partial charge is 0.255 e. The molecule has 1 aromatic heterocycles. The summed E-state index contributed by atoms with van der Waals surface area (Å²) in [6, 6.07) is 8.86. The van der Waals surface area contributed by atoms with Gasteiger partial charge in [-0.1, -0.05) is 6.92 Å². The van der Waals surface area contributed by atoms with Crippen LogP contribution in [0.2, 0.25) is 0 Å². The molecule has 6 nitrogen and oxygen atoms in total. The summed E-state index contributed by atoms with van der Waals surface area (Å²) in [4.78, 5) is 19.4. The number of amides is 1. The van der Waals surface area contributed by atoms with Gasteiger partial charge in [0, 0.05) is 30.9 Å². The molecule has 1 atom stereocenters. The molecule has 138 valence electrons. The van der Waals surface area contributed by atoms with Crippen LogP contribution >= 0.6 is 0 Å².